The molecule has 174 valence electrons. The van der Waals surface area contributed by atoms with Crippen molar-refractivity contribution in [1.82, 2.24) is 24.5 Å². The van der Waals surface area contributed by atoms with E-state index >= 15 is 0 Å². The molecule has 1 aromatic heterocycles. The fraction of sp³-hybridized carbons (Fsp3) is 0.615. The van der Waals surface area contributed by atoms with Crippen LogP contribution in [0.4, 0.5) is 0 Å². The zero-order chi connectivity index (χ0) is 22.3. The van der Waals surface area contributed by atoms with Crippen LogP contribution >= 0.6 is 0 Å². The van der Waals surface area contributed by atoms with Crippen molar-refractivity contribution in [3.8, 4) is 0 Å². The Kier molecular flexibility index (Phi) is 7.98. The number of benzene rings is 1. The second-order valence-electron chi connectivity index (χ2n) is 9.83. The van der Waals surface area contributed by atoms with Gasteiger partial charge >= 0.3 is 0 Å². The van der Waals surface area contributed by atoms with Crippen LogP contribution in [0.5, 0.6) is 0 Å². The SMILES string of the molecule is CN(C)CCCN(CC1CCN(C2Cc3ccccc3C2)CC1)C(=O)CCn1cccn1. The molecule has 1 fully saturated rings. The number of aromatic nitrogens is 2. The van der Waals surface area contributed by atoms with E-state index in [4.69, 9.17) is 0 Å². The van der Waals surface area contributed by atoms with E-state index in [-0.39, 0.29) is 5.91 Å². The van der Waals surface area contributed by atoms with E-state index in [2.05, 4.69) is 58.2 Å². The number of rotatable bonds is 10. The van der Waals surface area contributed by atoms with Crippen LogP contribution in [0.1, 0.15) is 36.8 Å². The van der Waals surface area contributed by atoms with Gasteiger partial charge in [-0.05, 0) is 88.9 Å². The summed E-state index contributed by atoms with van der Waals surface area (Å²) >= 11 is 0. The third-order valence-corrected chi connectivity index (χ3v) is 7.17. The summed E-state index contributed by atoms with van der Waals surface area (Å²) in [6.45, 7) is 5.77. The molecule has 1 aromatic carbocycles. The molecule has 0 bridgehead atoms. The Labute approximate surface area is 193 Å². The smallest absolute Gasteiger partial charge is 0.224 e. The van der Waals surface area contributed by atoms with Crippen LogP contribution in [0.2, 0.25) is 0 Å². The number of aryl methyl sites for hydroxylation is 1. The van der Waals surface area contributed by atoms with E-state index in [1.807, 2.05) is 16.9 Å². The third-order valence-electron chi connectivity index (χ3n) is 7.17. The van der Waals surface area contributed by atoms with Crippen molar-refractivity contribution in [2.75, 3.05) is 46.8 Å². The van der Waals surface area contributed by atoms with Gasteiger partial charge < -0.3 is 9.80 Å². The average molecular weight is 438 g/mol. The highest BCUT2D eigenvalue weighted by molar-refractivity contribution is 5.76. The molecule has 1 amide bonds. The zero-order valence-electron chi connectivity index (χ0n) is 19.8. The van der Waals surface area contributed by atoms with Crippen LogP contribution in [-0.2, 0) is 24.2 Å². The highest BCUT2D eigenvalue weighted by atomic mass is 16.2. The van der Waals surface area contributed by atoms with E-state index < -0.39 is 0 Å². The molecular weight excluding hydrogens is 398 g/mol. The molecule has 2 aromatic rings. The third kappa shape index (κ3) is 6.20. The summed E-state index contributed by atoms with van der Waals surface area (Å²) in [4.78, 5) is 20.1. The fourth-order valence-corrected chi connectivity index (χ4v) is 5.30. The van der Waals surface area contributed by atoms with Crippen molar-refractivity contribution >= 4 is 5.91 Å². The molecule has 4 rings (SSSR count). The summed E-state index contributed by atoms with van der Waals surface area (Å²) in [5, 5.41) is 4.24. The first-order chi connectivity index (χ1) is 15.6. The van der Waals surface area contributed by atoms with Gasteiger partial charge in [0.25, 0.3) is 0 Å². The fourth-order valence-electron chi connectivity index (χ4n) is 5.30. The molecule has 1 aliphatic carbocycles. The van der Waals surface area contributed by atoms with E-state index in [0.717, 1.165) is 39.1 Å². The molecule has 0 radical (unpaired) electrons. The molecule has 0 saturated carbocycles. The van der Waals surface area contributed by atoms with Gasteiger partial charge in [-0.1, -0.05) is 24.3 Å². The minimum atomic E-state index is 0.271. The predicted octanol–water partition coefficient (Wildman–Crippen LogP) is 2.93. The maximum Gasteiger partial charge on any atom is 0.224 e. The number of piperidine rings is 1. The summed E-state index contributed by atoms with van der Waals surface area (Å²) in [5.74, 6) is 0.885. The monoisotopic (exact) mass is 437 g/mol. The number of hydrogen-bond donors (Lipinski definition) is 0. The lowest BCUT2D eigenvalue weighted by molar-refractivity contribution is -0.132. The average Bonchev–Trinajstić information content (AvgIpc) is 3.47. The van der Waals surface area contributed by atoms with Crippen molar-refractivity contribution in [2.45, 2.75) is 51.1 Å². The van der Waals surface area contributed by atoms with Gasteiger partial charge in [-0.2, -0.15) is 5.10 Å². The van der Waals surface area contributed by atoms with Crippen molar-refractivity contribution in [3.63, 3.8) is 0 Å². The van der Waals surface area contributed by atoms with Gasteiger partial charge in [0, 0.05) is 44.5 Å². The Balaban J connectivity index is 1.26. The molecule has 0 unspecified atom stereocenters. The first kappa shape index (κ1) is 23.0. The van der Waals surface area contributed by atoms with E-state index in [1.54, 1.807) is 6.20 Å². The van der Waals surface area contributed by atoms with Gasteiger partial charge in [-0.15, -0.1) is 0 Å². The summed E-state index contributed by atoms with van der Waals surface area (Å²) in [6.07, 6.45) is 10.1. The molecule has 2 aliphatic rings. The van der Waals surface area contributed by atoms with Gasteiger partial charge in [0.1, 0.15) is 0 Å². The van der Waals surface area contributed by atoms with Crippen LogP contribution in [0.25, 0.3) is 0 Å². The summed E-state index contributed by atoms with van der Waals surface area (Å²) in [6, 6.07) is 11.5. The summed E-state index contributed by atoms with van der Waals surface area (Å²) < 4.78 is 1.86. The minimum Gasteiger partial charge on any atom is -0.342 e. The number of fused-ring (bicyclic) bond motifs is 1. The number of hydrogen-bond acceptors (Lipinski definition) is 4. The predicted molar refractivity (Wildman–Crippen MR) is 129 cm³/mol. The Morgan fingerprint density at radius 2 is 1.78 bits per heavy atom. The van der Waals surface area contributed by atoms with Gasteiger partial charge in [-0.25, -0.2) is 0 Å². The second-order valence-corrected chi connectivity index (χ2v) is 9.83. The lowest BCUT2D eigenvalue weighted by Crippen LogP contribution is -2.45. The van der Waals surface area contributed by atoms with Crippen molar-refractivity contribution in [3.05, 3.63) is 53.9 Å². The zero-order valence-corrected chi connectivity index (χ0v) is 19.8. The number of nitrogens with zero attached hydrogens (tertiary/aromatic N) is 5. The number of amides is 1. The lowest BCUT2D eigenvalue weighted by Gasteiger charge is -2.38. The standard InChI is InChI=1S/C26H39N5O/c1-28(2)13-6-14-30(26(32)11-18-31-15-5-12-27-31)21-22-9-16-29(17-10-22)25-19-23-7-3-4-8-24(23)20-25/h3-5,7-8,12,15,22,25H,6,9-11,13-14,16-21H2,1-2H3. The van der Waals surface area contributed by atoms with Gasteiger partial charge in [0.05, 0.1) is 0 Å². The molecule has 32 heavy (non-hydrogen) atoms. The first-order valence-corrected chi connectivity index (χ1v) is 12.3. The van der Waals surface area contributed by atoms with Crippen LogP contribution in [0, 0.1) is 5.92 Å². The van der Waals surface area contributed by atoms with Gasteiger partial charge in [-0.3, -0.25) is 14.4 Å². The number of carbonyl (C=O) groups is 1. The van der Waals surface area contributed by atoms with Gasteiger partial charge in [0.15, 0.2) is 0 Å². The number of carbonyl (C=O) groups excluding carboxylic acids is 1. The molecular formula is C26H39N5O. The Morgan fingerprint density at radius 1 is 1.06 bits per heavy atom. The van der Waals surface area contributed by atoms with Crippen molar-refractivity contribution < 1.29 is 4.79 Å². The molecule has 6 nitrogen and oxygen atoms in total. The summed E-state index contributed by atoms with van der Waals surface area (Å²) in [7, 11) is 4.20. The molecule has 0 spiro atoms. The van der Waals surface area contributed by atoms with Crippen LogP contribution in [0.3, 0.4) is 0 Å². The minimum absolute atomic E-state index is 0.271. The first-order valence-electron chi connectivity index (χ1n) is 12.3. The Bertz CT molecular complexity index is 817. The molecule has 0 N–H and O–H groups in total. The van der Waals surface area contributed by atoms with Crippen LogP contribution in [-0.4, -0.2) is 83.2 Å². The quantitative estimate of drug-likeness (QED) is 0.573. The van der Waals surface area contributed by atoms with Crippen LogP contribution in [0.15, 0.2) is 42.7 Å². The molecule has 6 heteroatoms. The largest absolute Gasteiger partial charge is 0.342 e. The normalized spacial score (nSPS) is 17.7. The lowest BCUT2D eigenvalue weighted by atomic mass is 9.94. The Hall–Kier alpha value is -2.18. The Morgan fingerprint density at radius 3 is 2.41 bits per heavy atom. The van der Waals surface area contributed by atoms with E-state index in [1.165, 1.54) is 36.8 Å². The van der Waals surface area contributed by atoms with Crippen molar-refractivity contribution in [1.29, 1.82) is 0 Å². The molecule has 1 saturated heterocycles. The molecule has 1 aliphatic heterocycles. The van der Waals surface area contributed by atoms with E-state index in [0.29, 0.717) is 24.9 Å². The van der Waals surface area contributed by atoms with Gasteiger partial charge in [0.2, 0.25) is 5.91 Å². The van der Waals surface area contributed by atoms with Crippen molar-refractivity contribution in [2.24, 2.45) is 5.92 Å². The topological polar surface area (TPSA) is 44.6 Å². The van der Waals surface area contributed by atoms with E-state index in [9.17, 15) is 4.79 Å². The highest BCUT2D eigenvalue weighted by Gasteiger charge is 2.30. The van der Waals surface area contributed by atoms with Crippen LogP contribution < -0.4 is 0 Å². The molecule has 2 heterocycles. The maximum atomic E-state index is 13.0. The summed E-state index contributed by atoms with van der Waals surface area (Å²) in [5.41, 5.74) is 3.07. The number of likely N-dealkylation sites (tertiary alicyclic amines) is 1. The molecule has 0 atom stereocenters. The second kappa shape index (κ2) is 11.1. The maximum absolute atomic E-state index is 13.0. The highest BCUT2D eigenvalue weighted by Crippen LogP contribution is 2.29.